The molecular formula is C16H15NO3. The van der Waals surface area contributed by atoms with E-state index < -0.39 is 10.8 Å². The normalized spacial score (nSPS) is 38.2. The van der Waals surface area contributed by atoms with Gasteiger partial charge in [0, 0.05) is 18.6 Å². The summed E-state index contributed by atoms with van der Waals surface area (Å²) < 4.78 is 0.707. The Bertz CT molecular complexity index is 675. The maximum absolute atomic E-state index is 12.6. The predicted molar refractivity (Wildman–Crippen MR) is 70.6 cm³/mol. The van der Waals surface area contributed by atoms with Gasteiger partial charge in [0.05, 0.1) is 10.8 Å². The second kappa shape index (κ2) is 3.37. The van der Waals surface area contributed by atoms with E-state index in [-0.39, 0.29) is 17.5 Å². The number of aromatic nitrogens is 1. The molecule has 1 aromatic heterocycles. The number of ketones is 2. The summed E-state index contributed by atoms with van der Waals surface area (Å²) in [6.45, 7) is 1.96. The highest BCUT2D eigenvalue weighted by atomic mass is 16.5. The second-order valence-electron chi connectivity index (χ2n) is 6.38. The number of rotatable bonds is 1. The first-order valence-electron chi connectivity index (χ1n) is 6.95. The van der Waals surface area contributed by atoms with Crippen LogP contribution in [-0.4, -0.2) is 11.6 Å². The lowest BCUT2D eigenvalue weighted by atomic mass is 9.75. The van der Waals surface area contributed by atoms with Gasteiger partial charge in [-0.1, -0.05) is 5.57 Å². The maximum Gasteiger partial charge on any atom is 0.180 e. The van der Waals surface area contributed by atoms with Crippen LogP contribution in [-0.2, 0) is 15.0 Å². The Balaban J connectivity index is 1.86. The van der Waals surface area contributed by atoms with Gasteiger partial charge in [-0.3, -0.25) is 9.59 Å². The van der Waals surface area contributed by atoms with Gasteiger partial charge in [0.15, 0.2) is 18.2 Å². The Morgan fingerprint density at radius 3 is 2.65 bits per heavy atom. The Morgan fingerprint density at radius 2 is 1.95 bits per heavy atom. The minimum absolute atomic E-state index is 0.107. The Kier molecular flexibility index (Phi) is 1.99. The first-order valence-corrected chi connectivity index (χ1v) is 6.95. The van der Waals surface area contributed by atoms with Crippen molar-refractivity contribution in [1.82, 2.24) is 0 Å². The maximum atomic E-state index is 12.6. The third-order valence-electron chi connectivity index (χ3n) is 5.47. The molecule has 4 nitrogen and oxygen atoms in total. The molecule has 4 rings (SSSR count). The van der Waals surface area contributed by atoms with Crippen LogP contribution in [0.5, 0.6) is 0 Å². The van der Waals surface area contributed by atoms with Gasteiger partial charge < -0.3 is 5.21 Å². The average molecular weight is 269 g/mol. The van der Waals surface area contributed by atoms with Crippen molar-refractivity contribution in [3.05, 3.63) is 46.9 Å². The molecule has 20 heavy (non-hydrogen) atoms. The number of carbonyl (C=O) groups is 2. The van der Waals surface area contributed by atoms with Crippen LogP contribution >= 0.6 is 0 Å². The molecule has 0 amide bonds. The van der Waals surface area contributed by atoms with Crippen molar-refractivity contribution in [1.29, 1.82) is 0 Å². The molecule has 1 aromatic rings. The molecule has 3 aliphatic carbocycles. The molecule has 2 saturated carbocycles. The molecule has 0 aliphatic heterocycles. The van der Waals surface area contributed by atoms with E-state index in [4.69, 9.17) is 0 Å². The number of carbonyl (C=O) groups excluding carboxylic acids is 2. The van der Waals surface area contributed by atoms with Gasteiger partial charge in [-0.25, -0.2) is 0 Å². The average Bonchev–Trinajstić information content (AvgIpc) is 3.03. The molecule has 0 radical (unpaired) electrons. The van der Waals surface area contributed by atoms with E-state index in [9.17, 15) is 14.8 Å². The van der Waals surface area contributed by atoms with Crippen LogP contribution in [0, 0.1) is 16.5 Å². The van der Waals surface area contributed by atoms with Crippen molar-refractivity contribution < 1.29 is 14.3 Å². The summed E-state index contributed by atoms with van der Waals surface area (Å²) in [5, 5.41) is 11.2. The monoisotopic (exact) mass is 269 g/mol. The number of hydrogen-bond donors (Lipinski definition) is 0. The second-order valence-corrected chi connectivity index (χ2v) is 6.38. The van der Waals surface area contributed by atoms with Crippen molar-refractivity contribution >= 4 is 11.6 Å². The van der Waals surface area contributed by atoms with E-state index in [1.165, 1.54) is 12.4 Å². The fourth-order valence-corrected chi connectivity index (χ4v) is 4.55. The minimum Gasteiger partial charge on any atom is -0.619 e. The van der Waals surface area contributed by atoms with Gasteiger partial charge in [-0.2, -0.15) is 4.73 Å². The highest BCUT2D eigenvalue weighted by molar-refractivity contribution is 6.13. The highest BCUT2D eigenvalue weighted by Crippen LogP contribution is 2.76. The van der Waals surface area contributed by atoms with Crippen LogP contribution in [0.15, 0.2) is 36.2 Å². The summed E-state index contributed by atoms with van der Waals surface area (Å²) >= 11 is 0. The summed E-state index contributed by atoms with van der Waals surface area (Å²) in [5.41, 5.74) is 0.740. The van der Waals surface area contributed by atoms with Gasteiger partial charge in [-0.05, 0) is 37.3 Å². The van der Waals surface area contributed by atoms with Gasteiger partial charge >= 0.3 is 0 Å². The molecular weight excluding hydrogens is 254 g/mol. The Hall–Kier alpha value is -1.97. The largest absolute Gasteiger partial charge is 0.619 e. The number of nitrogens with zero attached hydrogens (tertiary/aromatic N) is 1. The van der Waals surface area contributed by atoms with Gasteiger partial charge in [0.2, 0.25) is 0 Å². The lowest BCUT2D eigenvalue weighted by Gasteiger charge is -2.26. The molecule has 1 heterocycles. The molecule has 0 unspecified atom stereocenters. The van der Waals surface area contributed by atoms with E-state index in [0.717, 1.165) is 17.6 Å². The molecule has 4 heteroatoms. The summed E-state index contributed by atoms with van der Waals surface area (Å²) in [5.74, 6) is 0.422. The molecule has 3 aliphatic rings. The molecule has 0 N–H and O–H groups in total. The molecule has 2 fully saturated rings. The zero-order chi connectivity index (χ0) is 14.1. The van der Waals surface area contributed by atoms with E-state index in [1.807, 2.05) is 6.92 Å². The smallest absolute Gasteiger partial charge is 0.180 e. The summed E-state index contributed by atoms with van der Waals surface area (Å²) in [6.07, 6.45) is 6.48. The highest BCUT2D eigenvalue weighted by Gasteiger charge is 2.82. The summed E-state index contributed by atoms with van der Waals surface area (Å²) in [7, 11) is 0. The van der Waals surface area contributed by atoms with E-state index in [2.05, 4.69) is 0 Å². The molecule has 0 aromatic carbocycles. The van der Waals surface area contributed by atoms with Crippen molar-refractivity contribution in [2.75, 3.05) is 0 Å². The minimum atomic E-state index is -0.653. The number of allylic oxidation sites excluding steroid dienone is 2. The van der Waals surface area contributed by atoms with Crippen LogP contribution in [0.25, 0.3) is 0 Å². The van der Waals surface area contributed by atoms with Crippen molar-refractivity contribution in [3.8, 4) is 0 Å². The fraction of sp³-hybridized carbons (Fsp3) is 0.438. The first-order chi connectivity index (χ1) is 9.50. The summed E-state index contributed by atoms with van der Waals surface area (Å²) in [4.78, 5) is 25.1. The lowest BCUT2D eigenvalue weighted by molar-refractivity contribution is -0.605. The fourth-order valence-electron chi connectivity index (χ4n) is 4.55. The number of Topliss-reactive ketones (excluding diaryl/α,β-unsaturated/α-hetero) is 1. The molecule has 3 atom stereocenters. The predicted octanol–water partition coefficient (Wildman–Crippen LogP) is 1.46. The SMILES string of the molecule is CC1=CC(=O)[C@@]23C[C@]2(c2cc[n+]([O-])cc2)C(=O)C[C@H]3C1. The summed E-state index contributed by atoms with van der Waals surface area (Å²) in [6, 6.07) is 3.39. The van der Waals surface area contributed by atoms with Gasteiger partial charge in [0.25, 0.3) is 0 Å². The zero-order valence-corrected chi connectivity index (χ0v) is 11.3. The van der Waals surface area contributed by atoms with Gasteiger partial charge in [-0.15, -0.1) is 0 Å². The third kappa shape index (κ3) is 1.11. The molecule has 1 spiro atoms. The first kappa shape index (κ1) is 11.8. The number of pyridine rings is 1. The Morgan fingerprint density at radius 1 is 1.25 bits per heavy atom. The third-order valence-corrected chi connectivity index (χ3v) is 5.47. The zero-order valence-electron chi connectivity index (χ0n) is 11.3. The van der Waals surface area contributed by atoms with Crippen LogP contribution in [0.4, 0.5) is 0 Å². The molecule has 102 valence electrons. The quantitative estimate of drug-likeness (QED) is 0.572. The molecule has 0 bridgehead atoms. The van der Waals surface area contributed by atoms with Crippen LogP contribution in [0.3, 0.4) is 0 Å². The van der Waals surface area contributed by atoms with Crippen LogP contribution in [0.1, 0.15) is 31.7 Å². The lowest BCUT2D eigenvalue weighted by Crippen LogP contribution is -2.32. The van der Waals surface area contributed by atoms with Gasteiger partial charge in [0.1, 0.15) is 5.78 Å². The Labute approximate surface area is 116 Å². The van der Waals surface area contributed by atoms with Crippen LogP contribution in [0.2, 0.25) is 0 Å². The van der Waals surface area contributed by atoms with E-state index >= 15 is 0 Å². The van der Waals surface area contributed by atoms with Crippen LogP contribution < -0.4 is 4.73 Å². The topological polar surface area (TPSA) is 61.1 Å². The van der Waals surface area contributed by atoms with E-state index in [0.29, 0.717) is 17.6 Å². The van der Waals surface area contributed by atoms with Crippen molar-refractivity contribution in [2.45, 2.75) is 31.6 Å². The standard InChI is InChI=1S/C16H15NO3/c1-10-6-12-8-14(19)15(9-16(12,15)13(18)7-10)11-2-4-17(20)5-3-11/h2-5,7,12H,6,8-9H2,1H3/t12-,15+,16+/m1/s1. The van der Waals surface area contributed by atoms with E-state index in [1.54, 1.807) is 18.2 Å². The number of hydrogen-bond acceptors (Lipinski definition) is 3. The van der Waals surface area contributed by atoms with Crippen molar-refractivity contribution in [3.63, 3.8) is 0 Å². The molecule has 0 saturated heterocycles. The van der Waals surface area contributed by atoms with Crippen molar-refractivity contribution in [2.24, 2.45) is 11.3 Å².